The number of nitrogens with one attached hydrogen (secondary N) is 2. The minimum atomic E-state index is -5.54. The van der Waals surface area contributed by atoms with E-state index in [0.717, 1.165) is 0 Å². The van der Waals surface area contributed by atoms with Gasteiger partial charge in [0.1, 0.15) is 23.9 Å². The van der Waals surface area contributed by atoms with Gasteiger partial charge in [0, 0.05) is 32.0 Å². The number of carbonyl (C=O) groups excluding carboxylic acids is 3. The van der Waals surface area contributed by atoms with Gasteiger partial charge in [-0.3, -0.25) is 23.5 Å². The molecular weight excluding hydrogens is 709 g/mol. The lowest BCUT2D eigenvalue weighted by Gasteiger charge is -2.29. The molecule has 7 N–H and O–H groups in total. The summed E-state index contributed by atoms with van der Waals surface area (Å²) < 4.78 is 63.1. The van der Waals surface area contributed by atoms with Crippen LogP contribution in [-0.2, 0) is 32.9 Å². The number of benzene rings is 2. The van der Waals surface area contributed by atoms with Crippen molar-refractivity contribution < 1.29 is 76.3 Å². The molecule has 0 aliphatic carbocycles. The van der Waals surface area contributed by atoms with Gasteiger partial charge < -0.3 is 59.0 Å². The molecule has 17 nitrogen and oxygen atoms in total. The van der Waals surface area contributed by atoms with Gasteiger partial charge in [0.25, 0.3) is 11.0 Å². The van der Waals surface area contributed by atoms with Crippen molar-refractivity contribution in [3.8, 4) is 11.5 Å². The minimum absolute atomic E-state index is 0.0448. The molecule has 0 saturated carbocycles. The Labute approximate surface area is 286 Å². The molecule has 2 aromatic rings. The standard InChI is InChI=1S/C30H41FN2O15P2/c31-22-4-2-21(3-5-22)25-19-48-26-18-23(6-7-24(26)29(25)36)47-20-28(35)33-11-13-45-15-17-46-16-14-44-12-8-27(34)32-10-1-9-30(37,49(38,39)40)50(41,42)43/h2-7,18,25,37H,1,8-17,19-20H2,(H,32,34)(H,33,35)(H2,38,39,40)(H2,41,42,43). The third-order valence-corrected chi connectivity index (χ3v) is 11.2. The van der Waals surface area contributed by atoms with E-state index in [1.807, 2.05) is 0 Å². The molecule has 3 rings (SSSR count). The second-order valence-electron chi connectivity index (χ2n) is 11.0. The predicted molar refractivity (Wildman–Crippen MR) is 172 cm³/mol. The first-order valence-corrected chi connectivity index (χ1v) is 18.6. The molecule has 278 valence electrons. The van der Waals surface area contributed by atoms with Gasteiger partial charge in [0.05, 0.1) is 51.1 Å². The van der Waals surface area contributed by atoms with Gasteiger partial charge in [0.2, 0.25) is 5.91 Å². The van der Waals surface area contributed by atoms with Crippen molar-refractivity contribution in [2.24, 2.45) is 0 Å². The van der Waals surface area contributed by atoms with Crippen LogP contribution in [0.4, 0.5) is 4.39 Å². The lowest BCUT2D eigenvalue weighted by molar-refractivity contribution is -0.123. The van der Waals surface area contributed by atoms with Crippen LogP contribution in [0.3, 0.4) is 0 Å². The number of amides is 2. The molecule has 2 amide bonds. The predicted octanol–water partition coefficient (Wildman–Crippen LogP) is 1.02. The maximum atomic E-state index is 13.2. The molecule has 0 bridgehead atoms. The number of fused-ring (bicyclic) bond motifs is 1. The Hall–Kier alpha value is -3.28. The second-order valence-corrected chi connectivity index (χ2v) is 15.0. The highest BCUT2D eigenvalue weighted by molar-refractivity contribution is 7.72. The number of ether oxygens (including phenoxy) is 5. The third-order valence-electron chi connectivity index (χ3n) is 7.31. The van der Waals surface area contributed by atoms with E-state index < -0.39 is 44.3 Å². The van der Waals surface area contributed by atoms with Crippen LogP contribution in [0, 0.1) is 5.82 Å². The van der Waals surface area contributed by atoms with Crippen LogP contribution in [0.15, 0.2) is 42.5 Å². The van der Waals surface area contributed by atoms with Crippen LogP contribution in [0.2, 0.25) is 0 Å². The van der Waals surface area contributed by atoms with E-state index in [0.29, 0.717) is 22.6 Å². The first-order chi connectivity index (χ1) is 23.6. The Balaban J connectivity index is 1.16. The van der Waals surface area contributed by atoms with Crippen molar-refractivity contribution in [1.82, 2.24) is 10.6 Å². The Kier molecular flexibility index (Phi) is 15.9. The molecule has 1 unspecified atom stereocenters. The Bertz CT molecular complexity index is 1510. The first-order valence-electron chi connectivity index (χ1n) is 15.4. The van der Waals surface area contributed by atoms with Crippen LogP contribution >= 0.6 is 15.2 Å². The van der Waals surface area contributed by atoms with Crippen molar-refractivity contribution in [3.05, 3.63) is 59.4 Å². The van der Waals surface area contributed by atoms with Crippen molar-refractivity contribution in [2.75, 3.05) is 65.9 Å². The number of rotatable bonds is 22. The molecule has 20 heteroatoms. The summed E-state index contributed by atoms with van der Waals surface area (Å²) in [5.74, 6) is -1.25. The van der Waals surface area contributed by atoms with E-state index in [1.165, 1.54) is 12.1 Å². The SMILES string of the molecule is O=C(CCOCCOCCOCCNC(=O)COc1ccc2c(c1)OCC(c1ccc(F)cc1)C2=O)NCCCC(O)(P(=O)(O)O)P(=O)(O)O. The number of ketones is 1. The Morgan fingerprint density at radius 2 is 1.46 bits per heavy atom. The average Bonchev–Trinajstić information content (AvgIpc) is 3.05. The molecule has 1 heterocycles. The summed E-state index contributed by atoms with van der Waals surface area (Å²) in [4.78, 5) is 73.2. The van der Waals surface area contributed by atoms with Crippen LogP contribution in [-0.4, -0.2) is 113 Å². The average molecular weight is 751 g/mol. The summed E-state index contributed by atoms with van der Waals surface area (Å²) in [5, 5.41) is 11.3. The fraction of sp³-hybridized carbons (Fsp3) is 0.500. The van der Waals surface area contributed by atoms with Gasteiger partial charge in [-0.15, -0.1) is 0 Å². The number of Topliss-reactive ketones (excluding diaryl/α,β-unsaturated/α-hetero) is 1. The highest BCUT2D eigenvalue weighted by Gasteiger charge is 2.58. The molecule has 1 atom stereocenters. The fourth-order valence-corrected chi connectivity index (χ4v) is 6.82. The van der Waals surface area contributed by atoms with Gasteiger partial charge in [-0.2, -0.15) is 0 Å². The number of aliphatic hydroxyl groups is 1. The molecule has 0 saturated heterocycles. The van der Waals surface area contributed by atoms with Gasteiger partial charge in [-0.25, -0.2) is 4.39 Å². The second kappa shape index (κ2) is 19.4. The lowest BCUT2D eigenvalue weighted by atomic mass is 9.89. The zero-order valence-corrected chi connectivity index (χ0v) is 28.7. The molecule has 1 aliphatic heterocycles. The van der Waals surface area contributed by atoms with E-state index in [2.05, 4.69) is 10.6 Å². The van der Waals surface area contributed by atoms with Crippen LogP contribution in [0.25, 0.3) is 0 Å². The number of hydrogen-bond acceptors (Lipinski definition) is 11. The van der Waals surface area contributed by atoms with Crippen molar-refractivity contribution in [1.29, 1.82) is 0 Å². The minimum Gasteiger partial charge on any atom is -0.492 e. The van der Waals surface area contributed by atoms with E-state index in [9.17, 15) is 33.0 Å². The van der Waals surface area contributed by atoms with Crippen molar-refractivity contribution >= 4 is 32.8 Å². The lowest BCUT2D eigenvalue weighted by Crippen LogP contribution is -2.32. The molecule has 0 spiro atoms. The Morgan fingerprint density at radius 3 is 2.10 bits per heavy atom. The molecule has 1 aliphatic rings. The topological polar surface area (TPSA) is 257 Å². The smallest absolute Gasteiger partial charge is 0.369 e. The monoisotopic (exact) mass is 750 g/mol. The zero-order chi connectivity index (χ0) is 36.8. The molecule has 50 heavy (non-hydrogen) atoms. The zero-order valence-electron chi connectivity index (χ0n) is 26.9. The molecule has 2 aromatic carbocycles. The fourth-order valence-electron chi connectivity index (χ4n) is 4.57. The summed E-state index contributed by atoms with van der Waals surface area (Å²) in [7, 11) is -11.1. The van der Waals surface area contributed by atoms with E-state index in [4.69, 9.17) is 43.3 Å². The van der Waals surface area contributed by atoms with Gasteiger partial charge in [-0.05, 0) is 36.2 Å². The quantitative estimate of drug-likeness (QED) is 0.0655. The van der Waals surface area contributed by atoms with Crippen molar-refractivity contribution in [2.45, 2.75) is 30.3 Å². The highest BCUT2D eigenvalue weighted by atomic mass is 31.2. The van der Waals surface area contributed by atoms with Gasteiger partial charge >= 0.3 is 15.2 Å². The van der Waals surface area contributed by atoms with Crippen LogP contribution in [0.1, 0.15) is 41.1 Å². The first kappa shape index (κ1) is 41.1. The summed E-state index contributed by atoms with van der Waals surface area (Å²) in [6, 6.07) is 10.4. The maximum Gasteiger partial charge on any atom is 0.369 e. The normalized spacial score (nSPS) is 14.8. The summed E-state index contributed by atoms with van der Waals surface area (Å²) in [6.45, 7) is 1.07. The van der Waals surface area contributed by atoms with E-state index in [1.54, 1.807) is 30.3 Å². The summed E-state index contributed by atoms with van der Waals surface area (Å²) in [5.41, 5.74) is 1.03. The summed E-state index contributed by atoms with van der Waals surface area (Å²) >= 11 is 0. The van der Waals surface area contributed by atoms with Crippen molar-refractivity contribution in [3.63, 3.8) is 0 Å². The largest absolute Gasteiger partial charge is 0.492 e. The third kappa shape index (κ3) is 12.5. The molecule has 0 radical (unpaired) electrons. The highest BCUT2D eigenvalue weighted by Crippen LogP contribution is 2.69. The molecule has 0 fully saturated rings. The van der Waals surface area contributed by atoms with Gasteiger partial charge in [-0.1, -0.05) is 12.1 Å². The van der Waals surface area contributed by atoms with E-state index in [-0.39, 0.29) is 90.5 Å². The van der Waals surface area contributed by atoms with Crippen LogP contribution < -0.4 is 20.1 Å². The number of halogens is 1. The maximum absolute atomic E-state index is 13.2. The van der Waals surface area contributed by atoms with Gasteiger partial charge in [0.15, 0.2) is 12.4 Å². The number of hydrogen-bond donors (Lipinski definition) is 7. The van der Waals surface area contributed by atoms with Crippen LogP contribution in [0.5, 0.6) is 11.5 Å². The Morgan fingerprint density at radius 1 is 0.860 bits per heavy atom. The van der Waals surface area contributed by atoms with E-state index >= 15 is 0 Å². The number of carbonyl (C=O) groups is 3. The molecule has 0 aromatic heterocycles. The summed E-state index contributed by atoms with van der Waals surface area (Å²) in [6.07, 6.45) is -1.27. The molecular formula is C30H41FN2O15P2.